The molecule has 32 heavy (non-hydrogen) atoms. The van der Waals surface area contributed by atoms with Crippen molar-refractivity contribution < 1.29 is 35.9 Å². The minimum atomic E-state index is -2.38. The molecule has 0 aliphatic carbocycles. The second-order valence-electron chi connectivity index (χ2n) is 6.41. The number of rotatable bonds is 4. The highest BCUT2D eigenvalue weighted by atomic mass is 32.1. The third-order valence-electron chi connectivity index (χ3n) is 4.36. The number of nitrogens with one attached hydrogen (secondary N) is 1. The number of aryl methyl sites for hydroxylation is 1. The van der Waals surface area contributed by atoms with Gasteiger partial charge in [0, 0.05) is 16.6 Å². The molecule has 2 aromatic carbocycles. The number of thiazole rings is 1. The van der Waals surface area contributed by atoms with Gasteiger partial charge in [0.1, 0.15) is 16.5 Å². The maximum atomic E-state index is 13.8. The van der Waals surface area contributed by atoms with E-state index in [0.29, 0.717) is 22.5 Å². The Hall–Kier alpha value is -3.67. The number of nitrogens with zero attached hydrogens (tertiary/aromatic N) is 2. The van der Waals surface area contributed by atoms with Crippen LogP contribution in [-0.2, 0) is 0 Å². The quantitative estimate of drug-likeness (QED) is 0.140. The van der Waals surface area contributed by atoms with Crippen molar-refractivity contribution >= 4 is 17.3 Å². The number of aromatic amines is 1. The van der Waals surface area contributed by atoms with E-state index >= 15 is 0 Å². The van der Waals surface area contributed by atoms with Gasteiger partial charge in [-0.05, 0) is 31.2 Å². The first-order chi connectivity index (χ1) is 15.2. The lowest BCUT2D eigenvalue weighted by Gasteiger charge is -2.07. The van der Waals surface area contributed by atoms with Gasteiger partial charge in [0.15, 0.2) is 5.69 Å². The normalized spacial score (nSPS) is 11.1. The molecule has 0 fully saturated rings. The lowest BCUT2D eigenvalue weighted by atomic mass is 10.1. The number of esters is 1. The summed E-state index contributed by atoms with van der Waals surface area (Å²) in [6, 6.07) is 5.44. The molecular formula is C20H9F6N3O2S. The molecule has 0 saturated heterocycles. The molecule has 2 aromatic heterocycles. The van der Waals surface area contributed by atoms with Gasteiger partial charge in [-0.25, -0.2) is 27.3 Å². The lowest BCUT2D eigenvalue weighted by Crippen LogP contribution is -2.14. The molecule has 2 heterocycles. The molecule has 0 aliphatic heterocycles. The number of halogens is 6. The summed E-state index contributed by atoms with van der Waals surface area (Å²) < 4.78 is 85.0. The van der Waals surface area contributed by atoms with Gasteiger partial charge in [0.25, 0.3) is 0 Å². The standard InChI is InChI=1S/C20H9F6N3O2S/c1-7-11(17(29-28-7)8-2-4-9(21)5-3-8)19-27-10(6-32-19)20(30)31-18-15(25)13(23)12(22)14(24)16(18)26/h2-6H,1H3,(H,28,29). The number of aromatic nitrogens is 3. The average molecular weight is 469 g/mol. The number of hydrogen-bond donors (Lipinski definition) is 1. The molecule has 0 spiro atoms. The van der Waals surface area contributed by atoms with Gasteiger partial charge in [-0.3, -0.25) is 5.10 Å². The van der Waals surface area contributed by atoms with E-state index in [1.807, 2.05) is 0 Å². The predicted octanol–water partition coefficient (Wildman–Crippen LogP) is 5.56. The maximum absolute atomic E-state index is 13.8. The summed E-state index contributed by atoms with van der Waals surface area (Å²) in [6.45, 7) is 1.67. The third kappa shape index (κ3) is 3.62. The Morgan fingerprint density at radius 3 is 2.16 bits per heavy atom. The number of H-pyrrole nitrogens is 1. The van der Waals surface area contributed by atoms with E-state index in [1.54, 1.807) is 6.92 Å². The Bertz CT molecular complexity index is 1320. The van der Waals surface area contributed by atoms with Crippen molar-refractivity contribution in [3.8, 4) is 27.6 Å². The van der Waals surface area contributed by atoms with Gasteiger partial charge >= 0.3 is 5.97 Å². The van der Waals surface area contributed by atoms with Crippen molar-refractivity contribution in [1.82, 2.24) is 15.2 Å². The van der Waals surface area contributed by atoms with Crippen molar-refractivity contribution in [2.24, 2.45) is 0 Å². The number of benzene rings is 2. The Kier molecular flexibility index (Phi) is 5.46. The number of hydrogen-bond acceptors (Lipinski definition) is 5. The van der Waals surface area contributed by atoms with E-state index in [2.05, 4.69) is 19.9 Å². The molecule has 0 amide bonds. The molecule has 1 N–H and O–H groups in total. The zero-order valence-corrected chi connectivity index (χ0v) is 16.6. The van der Waals surface area contributed by atoms with E-state index in [9.17, 15) is 31.1 Å². The molecule has 0 unspecified atom stereocenters. The zero-order chi connectivity index (χ0) is 23.2. The van der Waals surface area contributed by atoms with Crippen LogP contribution in [0.4, 0.5) is 26.3 Å². The molecule has 0 aliphatic rings. The molecule has 0 saturated carbocycles. The first-order valence-corrected chi connectivity index (χ1v) is 9.57. The Labute approximate surface area is 179 Å². The SMILES string of the molecule is Cc1[nH]nc(-c2ccc(F)cc2)c1-c1nc(C(=O)Oc2c(F)c(F)c(F)c(F)c2F)cs1. The van der Waals surface area contributed by atoms with Crippen molar-refractivity contribution in [2.75, 3.05) is 0 Å². The molecular weight excluding hydrogens is 460 g/mol. The van der Waals surface area contributed by atoms with Crippen LogP contribution in [-0.4, -0.2) is 21.2 Å². The highest BCUT2D eigenvalue weighted by Crippen LogP contribution is 2.35. The van der Waals surface area contributed by atoms with E-state index in [0.717, 1.165) is 11.3 Å². The van der Waals surface area contributed by atoms with Crippen LogP contribution >= 0.6 is 11.3 Å². The predicted molar refractivity (Wildman–Crippen MR) is 101 cm³/mol. The topological polar surface area (TPSA) is 67.9 Å². The van der Waals surface area contributed by atoms with Gasteiger partial charge in [-0.2, -0.15) is 13.9 Å². The third-order valence-corrected chi connectivity index (χ3v) is 5.22. The smallest absolute Gasteiger partial charge is 0.363 e. The van der Waals surface area contributed by atoms with Gasteiger partial charge in [-0.15, -0.1) is 11.3 Å². The maximum Gasteiger partial charge on any atom is 0.363 e. The van der Waals surface area contributed by atoms with Crippen molar-refractivity contribution in [2.45, 2.75) is 6.92 Å². The molecule has 0 bridgehead atoms. The number of carbonyl (C=O) groups is 1. The summed E-state index contributed by atoms with van der Waals surface area (Å²) in [5, 5.41) is 8.33. The number of ether oxygens (including phenoxy) is 1. The first-order valence-electron chi connectivity index (χ1n) is 8.69. The molecule has 5 nitrogen and oxygen atoms in total. The monoisotopic (exact) mass is 469 g/mol. The summed E-state index contributed by atoms with van der Waals surface area (Å²) in [4.78, 5) is 16.3. The summed E-state index contributed by atoms with van der Waals surface area (Å²) in [5.41, 5.74) is 1.54. The second-order valence-corrected chi connectivity index (χ2v) is 7.26. The van der Waals surface area contributed by atoms with Crippen LogP contribution in [0.2, 0.25) is 0 Å². The van der Waals surface area contributed by atoms with Crippen LogP contribution in [0.1, 0.15) is 16.2 Å². The van der Waals surface area contributed by atoms with Crippen LogP contribution in [0, 0.1) is 41.8 Å². The molecule has 4 rings (SSSR count). The average Bonchev–Trinajstić information content (AvgIpc) is 3.41. The van der Waals surface area contributed by atoms with Crippen molar-refractivity contribution in [3.63, 3.8) is 0 Å². The molecule has 4 aromatic rings. The molecule has 12 heteroatoms. The van der Waals surface area contributed by atoms with Crippen LogP contribution in [0.15, 0.2) is 29.6 Å². The summed E-state index contributed by atoms with van der Waals surface area (Å²) in [7, 11) is 0. The highest BCUT2D eigenvalue weighted by Gasteiger charge is 2.29. The van der Waals surface area contributed by atoms with E-state index in [1.165, 1.54) is 29.6 Å². The van der Waals surface area contributed by atoms with Crippen LogP contribution in [0.25, 0.3) is 21.8 Å². The van der Waals surface area contributed by atoms with Gasteiger partial charge in [0.05, 0.1) is 5.56 Å². The highest BCUT2D eigenvalue weighted by molar-refractivity contribution is 7.13. The summed E-state index contributed by atoms with van der Waals surface area (Å²) >= 11 is 0.948. The first kappa shape index (κ1) is 21.6. The Morgan fingerprint density at radius 1 is 0.938 bits per heavy atom. The second kappa shape index (κ2) is 8.11. The van der Waals surface area contributed by atoms with Crippen LogP contribution < -0.4 is 4.74 Å². The van der Waals surface area contributed by atoms with Gasteiger partial charge in [-0.1, -0.05) is 0 Å². The Balaban J connectivity index is 1.67. The molecule has 0 radical (unpaired) electrons. The minimum Gasteiger partial charge on any atom is -0.415 e. The molecule has 164 valence electrons. The van der Waals surface area contributed by atoms with Gasteiger partial charge < -0.3 is 4.74 Å². The van der Waals surface area contributed by atoms with E-state index < -0.39 is 52.3 Å². The van der Waals surface area contributed by atoms with E-state index in [-0.39, 0.29) is 5.01 Å². The minimum absolute atomic E-state index is 0.250. The summed E-state index contributed by atoms with van der Waals surface area (Å²) in [6.07, 6.45) is 0. The van der Waals surface area contributed by atoms with Crippen molar-refractivity contribution in [1.29, 1.82) is 0 Å². The zero-order valence-electron chi connectivity index (χ0n) is 15.8. The fraction of sp³-hybridized carbons (Fsp3) is 0.0500. The van der Waals surface area contributed by atoms with E-state index in [4.69, 9.17) is 0 Å². The van der Waals surface area contributed by atoms with Gasteiger partial charge in [0.2, 0.25) is 34.8 Å². The summed E-state index contributed by atoms with van der Waals surface area (Å²) in [5.74, 6) is -15.0. The van der Waals surface area contributed by atoms with Crippen LogP contribution in [0.3, 0.4) is 0 Å². The fourth-order valence-electron chi connectivity index (χ4n) is 2.81. The molecule has 0 atom stereocenters. The Morgan fingerprint density at radius 2 is 1.53 bits per heavy atom. The van der Waals surface area contributed by atoms with Crippen LogP contribution in [0.5, 0.6) is 5.75 Å². The number of carbonyl (C=O) groups excluding carboxylic acids is 1. The van der Waals surface area contributed by atoms with Crippen molar-refractivity contribution in [3.05, 3.63) is 75.9 Å². The fourth-order valence-corrected chi connectivity index (χ4v) is 3.70. The largest absolute Gasteiger partial charge is 0.415 e. The lowest BCUT2D eigenvalue weighted by molar-refractivity contribution is 0.0710.